The smallest absolute Gasteiger partial charge is 0.224 e. The van der Waals surface area contributed by atoms with Gasteiger partial charge in [0.2, 0.25) is 5.91 Å². The maximum atomic E-state index is 12.7. The predicted molar refractivity (Wildman–Crippen MR) is 111 cm³/mol. The molecule has 1 fully saturated rings. The highest BCUT2D eigenvalue weighted by Crippen LogP contribution is 2.45. The molecule has 2 unspecified atom stereocenters. The van der Waals surface area contributed by atoms with Crippen LogP contribution in [-0.2, 0) is 11.2 Å². The van der Waals surface area contributed by atoms with Crippen LogP contribution >= 0.6 is 0 Å². The number of nitrogens with one attached hydrogen (secondary N) is 1. The van der Waals surface area contributed by atoms with Crippen molar-refractivity contribution < 1.29 is 4.79 Å². The van der Waals surface area contributed by atoms with Crippen LogP contribution in [-0.4, -0.2) is 41.6 Å². The first-order valence-corrected chi connectivity index (χ1v) is 10.6. The number of carbonyl (C=O) groups excluding carboxylic acids is 1. The third-order valence-electron chi connectivity index (χ3n) is 6.63. The molecular formula is C23H33N3O. The van der Waals surface area contributed by atoms with E-state index in [2.05, 4.69) is 67.0 Å². The van der Waals surface area contributed by atoms with Crippen LogP contribution in [0.5, 0.6) is 0 Å². The normalized spacial score (nSPS) is 25.0. The van der Waals surface area contributed by atoms with Crippen LogP contribution in [0.25, 0.3) is 10.9 Å². The van der Waals surface area contributed by atoms with E-state index >= 15 is 0 Å². The van der Waals surface area contributed by atoms with Crippen molar-refractivity contribution in [2.45, 2.75) is 64.5 Å². The highest BCUT2D eigenvalue weighted by atomic mass is 16.1. The number of unbranched alkanes of at least 4 members (excludes halogenated alkanes) is 1. The molecule has 2 heterocycles. The molecule has 1 aromatic carbocycles. The topological polar surface area (TPSA) is 37.3 Å². The van der Waals surface area contributed by atoms with Gasteiger partial charge < -0.3 is 14.8 Å². The Morgan fingerprint density at radius 1 is 1.33 bits per heavy atom. The van der Waals surface area contributed by atoms with E-state index in [0.717, 1.165) is 38.8 Å². The Morgan fingerprint density at radius 2 is 2.15 bits per heavy atom. The Hall–Kier alpha value is -1.81. The summed E-state index contributed by atoms with van der Waals surface area (Å²) in [6.07, 6.45) is 6.61. The molecule has 0 saturated carbocycles. The van der Waals surface area contributed by atoms with E-state index in [1.54, 1.807) is 0 Å². The molecule has 1 aliphatic heterocycles. The second kappa shape index (κ2) is 7.31. The zero-order valence-corrected chi connectivity index (χ0v) is 17.2. The van der Waals surface area contributed by atoms with Crippen LogP contribution in [0.15, 0.2) is 24.4 Å². The van der Waals surface area contributed by atoms with Gasteiger partial charge in [-0.2, -0.15) is 0 Å². The number of likely N-dealkylation sites (N-methyl/N-ethyl adjacent to an activating group) is 1. The summed E-state index contributed by atoms with van der Waals surface area (Å²) < 4.78 is 2.42. The maximum absolute atomic E-state index is 12.7. The highest BCUT2D eigenvalue weighted by molar-refractivity contribution is 5.89. The van der Waals surface area contributed by atoms with Crippen molar-refractivity contribution in [3.05, 3.63) is 35.5 Å². The van der Waals surface area contributed by atoms with E-state index < -0.39 is 0 Å². The lowest BCUT2D eigenvalue weighted by Crippen LogP contribution is -2.51. The van der Waals surface area contributed by atoms with Crippen molar-refractivity contribution >= 4 is 16.8 Å². The molecule has 0 radical (unpaired) electrons. The Labute approximate surface area is 162 Å². The number of aromatic nitrogens is 1. The number of nitrogens with zero attached hydrogens (tertiary/aromatic N) is 2. The predicted octanol–water partition coefficient (Wildman–Crippen LogP) is 4.10. The lowest BCUT2D eigenvalue weighted by molar-refractivity contribution is -0.127. The van der Waals surface area contributed by atoms with Gasteiger partial charge in [-0.25, -0.2) is 0 Å². The molecule has 2 aromatic rings. The first-order valence-electron chi connectivity index (χ1n) is 10.6. The van der Waals surface area contributed by atoms with Crippen LogP contribution in [0, 0.1) is 5.92 Å². The summed E-state index contributed by atoms with van der Waals surface area (Å²) >= 11 is 0. The molecule has 1 aromatic heterocycles. The second-order valence-corrected chi connectivity index (χ2v) is 8.79. The van der Waals surface area contributed by atoms with Crippen molar-refractivity contribution in [1.29, 1.82) is 0 Å². The largest absolute Gasteiger partial charge is 0.356 e. The lowest BCUT2D eigenvalue weighted by Gasteiger charge is -2.45. The molecule has 0 bridgehead atoms. The summed E-state index contributed by atoms with van der Waals surface area (Å²) in [5.41, 5.74) is 4.29. The summed E-state index contributed by atoms with van der Waals surface area (Å²) in [4.78, 5) is 15.2. The van der Waals surface area contributed by atoms with Gasteiger partial charge in [-0.1, -0.05) is 25.5 Å². The molecule has 27 heavy (non-hydrogen) atoms. The van der Waals surface area contributed by atoms with Crippen molar-refractivity contribution in [3.8, 4) is 0 Å². The third kappa shape index (κ3) is 3.18. The molecule has 1 saturated heterocycles. The molecule has 4 nitrogen and oxygen atoms in total. The number of benzene rings is 1. The molecule has 2 aliphatic rings. The van der Waals surface area contributed by atoms with Gasteiger partial charge in [0, 0.05) is 48.2 Å². The van der Waals surface area contributed by atoms with Gasteiger partial charge in [0.05, 0.1) is 5.92 Å². The van der Waals surface area contributed by atoms with Gasteiger partial charge in [0.15, 0.2) is 0 Å². The molecule has 1 aliphatic carbocycles. The fraction of sp³-hybridized carbons (Fsp3) is 0.609. The number of fused-ring (bicyclic) bond motifs is 2. The van der Waals surface area contributed by atoms with Crippen molar-refractivity contribution in [2.24, 2.45) is 5.92 Å². The van der Waals surface area contributed by atoms with E-state index in [1.165, 1.54) is 22.0 Å². The van der Waals surface area contributed by atoms with Crippen LogP contribution < -0.4 is 5.32 Å². The van der Waals surface area contributed by atoms with E-state index in [0.29, 0.717) is 18.0 Å². The molecule has 3 atom stereocenters. The van der Waals surface area contributed by atoms with Gasteiger partial charge in [-0.15, -0.1) is 0 Å². The van der Waals surface area contributed by atoms with E-state index in [1.807, 2.05) is 0 Å². The molecule has 1 N–H and O–H groups in total. The average Bonchev–Trinajstić information content (AvgIpc) is 3.03. The molecule has 4 rings (SSSR count). The number of hydrogen-bond acceptors (Lipinski definition) is 2. The third-order valence-corrected chi connectivity index (χ3v) is 6.63. The van der Waals surface area contributed by atoms with Crippen LogP contribution in [0.3, 0.4) is 0 Å². The summed E-state index contributed by atoms with van der Waals surface area (Å²) in [5, 5.41) is 4.61. The highest BCUT2D eigenvalue weighted by Gasteiger charge is 2.41. The zero-order chi connectivity index (χ0) is 19.1. The number of piperidine rings is 1. The zero-order valence-electron chi connectivity index (χ0n) is 17.2. The average molecular weight is 368 g/mol. The SMILES string of the molecule is CCCCNC(=O)C1CC2c3cccc4c3c(cn4C(C)C)C[C@H]2N(C)C1. The van der Waals surface area contributed by atoms with E-state index in [9.17, 15) is 4.79 Å². The minimum atomic E-state index is 0.0945. The number of rotatable bonds is 5. The number of likely N-dealkylation sites (tertiary alicyclic amines) is 1. The van der Waals surface area contributed by atoms with Crippen LogP contribution in [0.1, 0.15) is 63.1 Å². The van der Waals surface area contributed by atoms with Crippen molar-refractivity contribution in [1.82, 2.24) is 14.8 Å². The fourth-order valence-corrected chi connectivity index (χ4v) is 5.22. The van der Waals surface area contributed by atoms with Crippen LogP contribution in [0.2, 0.25) is 0 Å². The summed E-state index contributed by atoms with van der Waals surface area (Å²) in [7, 11) is 2.20. The molecule has 4 heteroatoms. The Balaban J connectivity index is 1.66. The van der Waals surface area contributed by atoms with E-state index in [-0.39, 0.29) is 11.8 Å². The Bertz CT molecular complexity index is 838. The van der Waals surface area contributed by atoms with Gasteiger partial charge in [-0.3, -0.25) is 4.79 Å². The summed E-state index contributed by atoms with van der Waals surface area (Å²) in [6, 6.07) is 7.73. The molecular weight excluding hydrogens is 334 g/mol. The Kier molecular flexibility index (Phi) is 5.02. The van der Waals surface area contributed by atoms with Gasteiger partial charge in [0.25, 0.3) is 0 Å². The Morgan fingerprint density at radius 3 is 2.89 bits per heavy atom. The van der Waals surface area contributed by atoms with Crippen molar-refractivity contribution in [2.75, 3.05) is 20.1 Å². The first kappa shape index (κ1) is 18.5. The maximum Gasteiger partial charge on any atom is 0.224 e. The van der Waals surface area contributed by atoms with Gasteiger partial charge in [-0.05, 0) is 57.4 Å². The number of carbonyl (C=O) groups is 1. The monoisotopic (exact) mass is 367 g/mol. The van der Waals surface area contributed by atoms with Gasteiger partial charge in [0.1, 0.15) is 0 Å². The minimum absolute atomic E-state index is 0.0945. The summed E-state index contributed by atoms with van der Waals surface area (Å²) in [5.74, 6) is 0.786. The van der Waals surface area contributed by atoms with Crippen molar-refractivity contribution in [3.63, 3.8) is 0 Å². The molecule has 0 spiro atoms. The number of amides is 1. The molecule has 146 valence electrons. The van der Waals surface area contributed by atoms with Crippen LogP contribution in [0.4, 0.5) is 0 Å². The fourth-order valence-electron chi connectivity index (χ4n) is 5.22. The molecule has 1 amide bonds. The quantitative estimate of drug-likeness (QED) is 0.808. The van der Waals surface area contributed by atoms with E-state index in [4.69, 9.17) is 0 Å². The first-order chi connectivity index (χ1) is 13.0. The lowest BCUT2D eigenvalue weighted by atomic mass is 9.72. The standard InChI is InChI=1S/C23H33N3O/c1-5-6-10-24-23(27)17-11-19-18-8-7-9-20-22(18)16(14-26(20)15(2)3)12-21(19)25(4)13-17/h7-9,14-15,17,19,21H,5-6,10-13H2,1-4H3,(H,24,27)/t17?,19?,21-/m1/s1. The summed E-state index contributed by atoms with van der Waals surface area (Å²) in [6.45, 7) is 8.35. The number of hydrogen-bond donors (Lipinski definition) is 1. The second-order valence-electron chi connectivity index (χ2n) is 8.79. The minimum Gasteiger partial charge on any atom is -0.356 e. The van der Waals surface area contributed by atoms with Gasteiger partial charge >= 0.3 is 0 Å².